The summed E-state index contributed by atoms with van der Waals surface area (Å²) in [6, 6.07) is 16.9. The first-order valence-corrected chi connectivity index (χ1v) is 6.66. The second-order valence-electron chi connectivity index (χ2n) is 3.13. The van der Waals surface area contributed by atoms with Crippen LogP contribution in [0.4, 0.5) is 0 Å². The highest BCUT2D eigenvalue weighted by Gasteiger charge is 2.15. The second-order valence-corrected chi connectivity index (χ2v) is 5.08. The van der Waals surface area contributed by atoms with Crippen molar-refractivity contribution in [3.05, 3.63) is 60.7 Å². The summed E-state index contributed by atoms with van der Waals surface area (Å²) in [4.78, 5) is 0.660. The van der Waals surface area contributed by atoms with Crippen molar-refractivity contribution in [3.63, 3.8) is 0 Å². The molecule has 5 heteroatoms. The molecular weight excluding hydrogens is 255 g/mol. The van der Waals surface area contributed by atoms with Gasteiger partial charge in [0.05, 0.1) is 9.79 Å². The van der Waals surface area contributed by atoms with E-state index in [1.165, 1.54) is 0 Å². The Kier molecular flexibility index (Phi) is 5.01. The van der Waals surface area contributed by atoms with Gasteiger partial charge in [-0.05, 0) is 24.3 Å². The van der Waals surface area contributed by atoms with E-state index in [0.717, 1.165) is 0 Å². The molecule has 0 amide bonds. The molecule has 0 N–H and O–H groups in total. The van der Waals surface area contributed by atoms with Crippen molar-refractivity contribution in [2.45, 2.75) is 9.79 Å². The monoisotopic (exact) mass is 266 g/mol. The fraction of sp³-hybridized carbons (Fsp3) is 0. The lowest BCUT2D eigenvalue weighted by Crippen LogP contribution is -2.00. The Balaban J connectivity index is 0.000000686. The standard InChI is InChI=1S/C12H10O2S.HOP/c13-15(14,11-7-3-1-4-8-11)12-9-5-2-6-10-12;1-2/h1-10H;2H. The molecule has 0 saturated carbocycles. The van der Waals surface area contributed by atoms with Gasteiger partial charge >= 0.3 is 0 Å². The molecule has 0 unspecified atom stereocenters. The molecule has 0 spiro atoms. The molecular formula is C12H11O3PS. The Bertz CT molecular complexity index is 507. The Labute approximate surface area is 103 Å². The van der Waals surface area contributed by atoms with E-state index in [0.29, 0.717) is 9.79 Å². The van der Waals surface area contributed by atoms with Gasteiger partial charge in [-0.1, -0.05) is 36.4 Å². The topological polar surface area (TPSA) is 51.2 Å². The van der Waals surface area contributed by atoms with Crippen LogP contribution in [0.15, 0.2) is 70.5 Å². The van der Waals surface area contributed by atoms with Crippen LogP contribution in [0, 0.1) is 0 Å². The van der Waals surface area contributed by atoms with Crippen LogP contribution in [-0.4, -0.2) is 8.42 Å². The quantitative estimate of drug-likeness (QED) is 0.785. The first-order chi connectivity index (χ1) is 8.21. The predicted octanol–water partition coefficient (Wildman–Crippen LogP) is 2.99. The van der Waals surface area contributed by atoms with Crippen molar-refractivity contribution in [1.82, 2.24) is 0 Å². The second kappa shape index (κ2) is 6.28. The third kappa shape index (κ3) is 3.22. The van der Waals surface area contributed by atoms with Crippen LogP contribution < -0.4 is 0 Å². The highest BCUT2D eigenvalue weighted by Crippen LogP contribution is 2.19. The molecule has 0 atom stereocenters. The van der Waals surface area contributed by atoms with Gasteiger partial charge in [-0.25, -0.2) is 8.42 Å². The zero-order valence-corrected chi connectivity index (χ0v) is 10.7. The summed E-state index contributed by atoms with van der Waals surface area (Å²) >= 11 is 0. The van der Waals surface area contributed by atoms with E-state index in [4.69, 9.17) is 4.57 Å². The predicted molar refractivity (Wildman–Crippen MR) is 67.3 cm³/mol. The molecule has 0 fully saturated rings. The zero-order valence-electron chi connectivity index (χ0n) is 8.91. The molecule has 17 heavy (non-hydrogen) atoms. The van der Waals surface area contributed by atoms with Crippen LogP contribution in [0.25, 0.3) is 0 Å². The Morgan fingerprint density at radius 3 is 1.24 bits per heavy atom. The van der Waals surface area contributed by atoms with Crippen molar-refractivity contribution in [2.75, 3.05) is 0 Å². The summed E-state index contributed by atoms with van der Waals surface area (Å²) in [7, 11) is -1.62. The number of hydrogen-bond acceptors (Lipinski definition) is 3. The lowest BCUT2D eigenvalue weighted by molar-refractivity contribution is 0.596. The van der Waals surface area contributed by atoms with Gasteiger partial charge in [0.2, 0.25) is 9.84 Å². The average molecular weight is 266 g/mol. The van der Waals surface area contributed by atoms with Crippen LogP contribution in [0.5, 0.6) is 0 Å². The summed E-state index contributed by atoms with van der Waals surface area (Å²) in [6.07, 6.45) is 0. The van der Waals surface area contributed by atoms with Gasteiger partial charge in [-0.2, -0.15) is 0 Å². The molecule has 0 aliphatic heterocycles. The van der Waals surface area contributed by atoms with Crippen LogP contribution >= 0.6 is 9.12 Å². The van der Waals surface area contributed by atoms with Gasteiger partial charge in [0.1, 0.15) is 9.12 Å². The molecule has 88 valence electrons. The van der Waals surface area contributed by atoms with Crippen molar-refractivity contribution in [3.8, 4) is 0 Å². The van der Waals surface area contributed by atoms with Crippen molar-refractivity contribution >= 4 is 19.0 Å². The molecule has 0 aliphatic carbocycles. The Hall–Kier alpha value is -1.51. The summed E-state index contributed by atoms with van der Waals surface area (Å²) in [6.45, 7) is 0. The number of sulfone groups is 1. The summed E-state index contributed by atoms with van der Waals surface area (Å²) in [5.74, 6) is 0. The van der Waals surface area contributed by atoms with E-state index in [1.807, 2.05) is 0 Å². The Morgan fingerprint density at radius 1 is 0.647 bits per heavy atom. The van der Waals surface area contributed by atoms with Crippen molar-refractivity contribution in [1.29, 1.82) is 0 Å². The maximum atomic E-state index is 12.0. The number of benzene rings is 2. The maximum absolute atomic E-state index is 12.0. The normalized spacial score (nSPS) is 10.1. The summed E-state index contributed by atoms with van der Waals surface area (Å²) in [5, 5.41) is 0. The van der Waals surface area contributed by atoms with Gasteiger partial charge in [-0.15, -0.1) is 0 Å². The molecule has 0 saturated heterocycles. The molecule has 0 heterocycles. The molecule has 0 aliphatic rings. The molecule has 2 aromatic rings. The molecule has 2 rings (SSSR count). The van der Waals surface area contributed by atoms with Gasteiger partial charge in [0.15, 0.2) is 0 Å². The molecule has 0 bridgehead atoms. The minimum atomic E-state index is -3.34. The van der Waals surface area contributed by atoms with E-state index in [1.54, 1.807) is 69.8 Å². The average Bonchev–Trinajstić information content (AvgIpc) is 2.43. The lowest BCUT2D eigenvalue weighted by Gasteiger charge is -2.03. The van der Waals surface area contributed by atoms with Crippen molar-refractivity contribution < 1.29 is 13.0 Å². The van der Waals surface area contributed by atoms with Gasteiger partial charge < -0.3 is 0 Å². The first kappa shape index (κ1) is 13.6. The van der Waals surface area contributed by atoms with E-state index < -0.39 is 9.84 Å². The van der Waals surface area contributed by atoms with E-state index in [2.05, 4.69) is 0 Å². The first-order valence-electron chi connectivity index (χ1n) is 4.77. The van der Waals surface area contributed by atoms with Crippen LogP contribution in [0.1, 0.15) is 0 Å². The Morgan fingerprint density at radius 2 is 0.941 bits per heavy atom. The van der Waals surface area contributed by atoms with Crippen LogP contribution in [0.2, 0.25) is 0 Å². The molecule has 2 aromatic carbocycles. The number of rotatable bonds is 2. The van der Waals surface area contributed by atoms with Gasteiger partial charge in [0, 0.05) is 0 Å². The van der Waals surface area contributed by atoms with E-state index in [-0.39, 0.29) is 0 Å². The minimum absolute atomic E-state index is 0.330. The minimum Gasteiger partial charge on any atom is -0.279 e. The smallest absolute Gasteiger partial charge is 0.206 e. The summed E-state index contributed by atoms with van der Waals surface area (Å²) < 4.78 is 32.1. The molecule has 3 nitrogen and oxygen atoms in total. The molecule has 0 radical (unpaired) electrons. The van der Waals surface area contributed by atoms with Gasteiger partial charge in [0.25, 0.3) is 0 Å². The van der Waals surface area contributed by atoms with E-state index >= 15 is 0 Å². The van der Waals surface area contributed by atoms with Crippen LogP contribution in [-0.2, 0) is 14.4 Å². The zero-order chi connectivity index (χ0) is 12.7. The lowest BCUT2D eigenvalue weighted by atomic mass is 10.4. The largest absolute Gasteiger partial charge is 0.279 e. The SMILES string of the molecule is O=P.O=S(=O)(c1ccccc1)c1ccccc1. The third-order valence-corrected chi connectivity index (χ3v) is 3.89. The highest BCUT2D eigenvalue weighted by molar-refractivity contribution is 7.91. The van der Waals surface area contributed by atoms with E-state index in [9.17, 15) is 8.42 Å². The summed E-state index contributed by atoms with van der Waals surface area (Å²) in [5.41, 5.74) is 0. The fourth-order valence-electron chi connectivity index (χ4n) is 1.34. The van der Waals surface area contributed by atoms with Gasteiger partial charge in [-0.3, -0.25) is 4.57 Å². The van der Waals surface area contributed by atoms with Crippen LogP contribution in [0.3, 0.4) is 0 Å². The molecule has 0 aromatic heterocycles. The maximum Gasteiger partial charge on any atom is 0.206 e. The fourth-order valence-corrected chi connectivity index (χ4v) is 2.64. The van der Waals surface area contributed by atoms with Crippen molar-refractivity contribution in [2.24, 2.45) is 0 Å². The number of hydrogen-bond donors (Lipinski definition) is 0. The highest BCUT2D eigenvalue weighted by atomic mass is 32.2. The third-order valence-electron chi connectivity index (χ3n) is 2.11.